The van der Waals surface area contributed by atoms with Gasteiger partial charge in [0.25, 0.3) is 0 Å². The van der Waals surface area contributed by atoms with Crippen LogP contribution in [0.4, 0.5) is 0 Å². The Morgan fingerprint density at radius 3 is 2.45 bits per heavy atom. The van der Waals surface area contributed by atoms with E-state index in [0.29, 0.717) is 0 Å². The summed E-state index contributed by atoms with van der Waals surface area (Å²) in [5.41, 5.74) is 5.48. The van der Waals surface area contributed by atoms with Gasteiger partial charge in [0.2, 0.25) is 0 Å². The van der Waals surface area contributed by atoms with Gasteiger partial charge in [-0.25, -0.2) is 4.98 Å². The number of aromatic nitrogens is 2. The fourth-order valence-electron chi connectivity index (χ4n) is 2.56. The summed E-state index contributed by atoms with van der Waals surface area (Å²) in [5, 5.41) is 0. The minimum absolute atomic E-state index is 0.978. The summed E-state index contributed by atoms with van der Waals surface area (Å²) in [6.45, 7) is 0. The van der Waals surface area contributed by atoms with Gasteiger partial charge in [0.15, 0.2) is 0 Å². The highest BCUT2D eigenvalue weighted by atomic mass is 79.9. The van der Waals surface area contributed by atoms with E-state index in [1.807, 2.05) is 18.2 Å². The summed E-state index contributed by atoms with van der Waals surface area (Å²) in [5.74, 6) is 0. The highest BCUT2D eigenvalue weighted by molar-refractivity contribution is 9.10. The van der Waals surface area contributed by atoms with E-state index in [9.17, 15) is 0 Å². The van der Waals surface area contributed by atoms with Gasteiger partial charge in [-0.1, -0.05) is 46.3 Å². The molecule has 4 aromatic rings. The second-order valence-electron chi connectivity index (χ2n) is 4.71. The summed E-state index contributed by atoms with van der Waals surface area (Å²) in [6.07, 6.45) is 0. The van der Waals surface area contributed by atoms with Crippen LogP contribution in [0, 0.1) is 0 Å². The van der Waals surface area contributed by atoms with Crippen LogP contribution in [0.3, 0.4) is 0 Å². The summed E-state index contributed by atoms with van der Waals surface area (Å²) in [7, 11) is 0. The molecule has 0 amide bonds. The molecule has 0 N–H and O–H groups in total. The number of rotatable bonds is 1. The van der Waals surface area contributed by atoms with Crippen LogP contribution >= 0.6 is 15.9 Å². The van der Waals surface area contributed by atoms with Crippen LogP contribution in [0.5, 0.6) is 0 Å². The molecular formula is C17H11BrN2. The SMILES string of the molecule is Brc1ccc(-c2cccc3nc4ccccc4n23)cc1. The standard InChI is InChI=1S/C17H11BrN2/c18-13-10-8-12(9-11-13)15-6-3-7-17-19-14-4-1-2-5-16(14)20(15)17/h1-11H. The first-order chi connectivity index (χ1) is 9.83. The van der Waals surface area contributed by atoms with Crippen LogP contribution < -0.4 is 0 Å². The van der Waals surface area contributed by atoms with Crippen molar-refractivity contribution in [2.45, 2.75) is 0 Å². The smallest absolute Gasteiger partial charge is 0.138 e. The van der Waals surface area contributed by atoms with Crippen LogP contribution in [-0.2, 0) is 0 Å². The van der Waals surface area contributed by atoms with E-state index in [0.717, 1.165) is 26.8 Å². The molecule has 0 aliphatic heterocycles. The van der Waals surface area contributed by atoms with E-state index >= 15 is 0 Å². The Morgan fingerprint density at radius 2 is 1.60 bits per heavy atom. The molecule has 0 saturated carbocycles. The quantitative estimate of drug-likeness (QED) is 0.486. The first kappa shape index (κ1) is 11.7. The van der Waals surface area contributed by atoms with E-state index < -0.39 is 0 Å². The Labute approximate surface area is 124 Å². The average molecular weight is 323 g/mol. The normalized spacial score (nSPS) is 11.2. The van der Waals surface area contributed by atoms with Gasteiger partial charge in [-0.15, -0.1) is 0 Å². The highest BCUT2D eigenvalue weighted by Gasteiger charge is 2.08. The van der Waals surface area contributed by atoms with Crippen LogP contribution in [0.1, 0.15) is 0 Å². The molecule has 2 nitrogen and oxygen atoms in total. The maximum atomic E-state index is 4.67. The minimum atomic E-state index is 0.978. The zero-order valence-electron chi connectivity index (χ0n) is 10.6. The number of fused-ring (bicyclic) bond motifs is 3. The zero-order chi connectivity index (χ0) is 13.5. The molecule has 0 spiro atoms. The van der Waals surface area contributed by atoms with Crippen molar-refractivity contribution < 1.29 is 0 Å². The highest BCUT2D eigenvalue weighted by Crippen LogP contribution is 2.26. The Balaban J connectivity index is 2.11. The fourth-order valence-corrected chi connectivity index (χ4v) is 2.82. The Kier molecular flexibility index (Phi) is 2.60. The molecule has 20 heavy (non-hydrogen) atoms. The average Bonchev–Trinajstić information content (AvgIpc) is 2.86. The lowest BCUT2D eigenvalue weighted by Gasteiger charge is -2.07. The molecule has 0 fully saturated rings. The van der Waals surface area contributed by atoms with Crippen LogP contribution in [0.15, 0.2) is 71.2 Å². The van der Waals surface area contributed by atoms with Gasteiger partial charge in [0, 0.05) is 4.47 Å². The minimum Gasteiger partial charge on any atom is -0.292 e. The number of hydrogen-bond acceptors (Lipinski definition) is 1. The fraction of sp³-hybridized carbons (Fsp3) is 0. The molecule has 0 unspecified atom stereocenters. The van der Waals surface area contributed by atoms with Gasteiger partial charge in [-0.2, -0.15) is 0 Å². The number of halogens is 1. The van der Waals surface area contributed by atoms with Crippen molar-refractivity contribution in [3.8, 4) is 11.3 Å². The van der Waals surface area contributed by atoms with E-state index in [-0.39, 0.29) is 0 Å². The second kappa shape index (κ2) is 4.46. The van der Waals surface area contributed by atoms with Crippen molar-refractivity contribution in [3.05, 3.63) is 71.2 Å². The van der Waals surface area contributed by atoms with Crippen LogP contribution in [0.2, 0.25) is 0 Å². The number of benzene rings is 2. The summed E-state index contributed by atoms with van der Waals surface area (Å²) in [6, 6.07) is 22.8. The summed E-state index contributed by atoms with van der Waals surface area (Å²) >= 11 is 3.48. The maximum Gasteiger partial charge on any atom is 0.138 e. The third kappa shape index (κ3) is 1.74. The number of nitrogens with zero attached hydrogens (tertiary/aromatic N) is 2. The summed E-state index contributed by atoms with van der Waals surface area (Å²) in [4.78, 5) is 4.67. The first-order valence-electron chi connectivity index (χ1n) is 6.45. The van der Waals surface area contributed by atoms with E-state index in [1.165, 1.54) is 5.56 Å². The van der Waals surface area contributed by atoms with Crippen molar-refractivity contribution in [2.75, 3.05) is 0 Å². The topological polar surface area (TPSA) is 17.3 Å². The van der Waals surface area contributed by atoms with Crippen molar-refractivity contribution in [1.82, 2.24) is 9.38 Å². The van der Waals surface area contributed by atoms with E-state index in [2.05, 4.69) is 73.8 Å². The van der Waals surface area contributed by atoms with Gasteiger partial charge in [-0.05, 0) is 42.0 Å². The lowest BCUT2D eigenvalue weighted by Crippen LogP contribution is -1.91. The van der Waals surface area contributed by atoms with Gasteiger partial charge in [0.05, 0.1) is 16.7 Å². The second-order valence-corrected chi connectivity index (χ2v) is 5.63. The lowest BCUT2D eigenvalue weighted by molar-refractivity contribution is 1.23. The molecule has 2 aromatic carbocycles. The van der Waals surface area contributed by atoms with Crippen LogP contribution in [-0.4, -0.2) is 9.38 Å². The number of pyridine rings is 1. The molecule has 2 aromatic heterocycles. The number of imidazole rings is 1. The van der Waals surface area contributed by atoms with E-state index in [1.54, 1.807) is 0 Å². The molecule has 0 saturated heterocycles. The van der Waals surface area contributed by atoms with Crippen molar-refractivity contribution in [2.24, 2.45) is 0 Å². The molecule has 0 radical (unpaired) electrons. The van der Waals surface area contributed by atoms with E-state index in [4.69, 9.17) is 0 Å². The van der Waals surface area contributed by atoms with Gasteiger partial charge < -0.3 is 0 Å². The molecule has 2 heterocycles. The maximum absolute atomic E-state index is 4.67. The molecule has 4 rings (SSSR count). The van der Waals surface area contributed by atoms with Crippen molar-refractivity contribution in [3.63, 3.8) is 0 Å². The Hall–Kier alpha value is -2.13. The molecule has 0 aliphatic carbocycles. The predicted octanol–water partition coefficient (Wildman–Crippen LogP) is 4.92. The van der Waals surface area contributed by atoms with Crippen LogP contribution in [0.25, 0.3) is 27.9 Å². The molecular weight excluding hydrogens is 312 g/mol. The van der Waals surface area contributed by atoms with Gasteiger partial charge in [0.1, 0.15) is 5.65 Å². The molecule has 3 heteroatoms. The molecule has 0 aliphatic rings. The van der Waals surface area contributed by atoms with Gasteiger partial charge >= 0.3 is 0 Å². The van der Waals surface area contributed by atoms with Crippen molar-refractivity contribution in [1.29, 1.82) is 0 Å². The summed E-state index contributed by atoms with van der Waals surface area (Å²) < 4.78 is 3.29. The van der Waals surface area contributed by atoms with Gasteiger partial charge in [-0.3, -0.25) is 4.40 Å². The number of hydrogen-bond donors (Lipinski definition) is 0. The predicted molar refractivity (Wildman–Crippen MR) is 85.8 cm³/mol. The molecule has 96 valence electrons. The molecule has 0 bridgehead atoms. The monoisotopic (exact) mass is 322 g/mol. The molecule has 0 atom stereocenters. The Morgan fingerprint density at radius 1 is 0.800 bits per heavy atom. The lowest BCUT2D eigenvalue weighted by atomic mass is 10.1. The zero-order valence-corrected chi connectivity index (χ0v) is 12.2. The Bertz CT molecular complexity index is 907. The third-order valence-corrected chi connectivity index (χ3v) is 4.00. The number of para-hydroxylation sites is 2. The largest absolute Gasteiger partial charge is 0.292 e. The first-order valence-corrected chi connectivity index (χ1v) is 7.24. The third-order valence-electron chi connectivity index (χ3n) is 3.47. The van der Waals surface area contributed by atoms with Crippen molar-refractivity contribution >= 4 is 32.6 Å².